The molecule has 3 amide bonds. The third kappa shape index (κ3) is 3.56. The molecule has 0 aromatic heterocycles. The van der Waals surface area contributed by atoms with Gasteiger partial charge >= 0.3 is 6.03 Å². The van der Waals surface area contributed by atoms with Gasteiger partial charge in [0.15, 0.2) is 0 Å². The molecule has 8 nitrogen and oxygen atoms in total. The maximum absolute atomic E-state index is 13.4. The maximum atomic E-state index is 13.4. The number of hydrogen-bond acceptors (Lipinski definition) is 6. The van der Waals surface area contributed by atoms with Crippen LogP contribution in [0.25, 0.3) is 0 Å². The number of carbonyl (C=O) groups excluding carboxylic acids is 2. The van der Waals surface area contributed by atoms with Gasteiger partial charge < -0.3 is 14.5 Å². The zero-order valence-corrected chi connectivity index (χ0v) is 18.7. The summed E-state index contributed by atoms with van der Waals surface area (Å²) in [5, 5.41) is 4.23. The number of rotatable bonds is 5. The van der Waals surface area contributed by atoms with Crippen LogP contribution in [-0.2, 0) is 9.53 Å². The van der Waals surface area contributed by atoms with Gasteiger partial charge in [-0.2, -0.15) is 0 Å². The first-order valence-corrected chi connectivity index (χ1v) is 10.9. The molecule has 9 heteroatoms. The van der Waals surface area contributed by atoms with E-state index >= 15 is 0 Å². The lowest BCUT2D eigenvalue weighted by Gasteiger charge is -2.46. The van der Waals surface area contributed by atoms with E-state index in [9.17, 15) is 9.59 Å². The van der Waals surface area contributed by atoms with Crippen molar-refractivity contribution in [3.8, 4) is 0 Å². The number of nitrogens with zero attached hydrogens (tertiary/aromatic N) is 4. The van der Waals surface area contributed by atoms with E-state index < -0.39 is 6.04 Å². The fourth-order valence-electron chi connectivity index (χ4n) is 4.80. The Balaban J connectivity index is 1.65. The zero-order valence-electron chi connectivity index (χ0n) is 18.0. The molecule has 30 heavy (non-hydrogen) atoms. The van der Waals surface area contributed by atoms with E-state index in [2.05, 4.69) is 29.0 Å². The van der Waals surface area contributed by atoms with Gasteiger partial charge in [-0.15, -0.1) is 0 Å². The summed E-state index contributed by atoms with van der Waals surface area (Å²) < 4.78 is 5.39. The molecular weight excluding hydrogens is 406 g/mol. The number of amides is 3. The van der Waals surface area contributed by atoms with Gasteiger partial charge in [0.1, 0.15) is 18.5 Å². The normalized spacial score (nSPS) is 29.4. The van der Waals surface area contributed by atoms with Gasteiger partial charge in [0, 0.05) is 37.5 Å². The van der Waals surface area contributed by atoms with Crippen LogP contribution in [0.2, 0.25) is 5.02 Å². The van der Waals surface area contributed by atoms with E-state index in [-0.39, 0.29) is 30.9 Å². The Morgan fingerprint density at radius 1 is 1.27 bits per heavy atom. The highest BCUT2D eigenvalue weighted by Crippen LogP contribution is 2.36. The Morgan fingerprint density at radius 3 is 2.77 bits per heavy atom. The van der Waals surface area contributed by atoms with E-state index in [0.29, 0.717) is 24.2 Å². The number of fused-ring (bicyclic) bond motifs is 3. The second-order valence-corrected chi connectivity index (χ2v) is 8.83. The molecule has 4 rings (SSSR count). The van der Waals surface area contributed by atoms with E-state index in [1.807, 2.05) is 25.1 Å². The van der Waals surface area contributed by atoms with Crippen molar-refractivity contribution in [3.05, 3.63) is 28.8 Å². The Morgan fingerprint density at radius 2 is 2.03 bits per heavy atom. The molecule has 3 saturated heterocycles. The van der Waals surface area contributed by atoms with Gasteiger partial charge in [0.25, 0.3) is 5.91 Å². The molecule has 164 valence electrons. The van der Waals surface area contributed by atoms with Crippen LogP contribution in [0.3, 0.4) is 0 Å². The molecule has 0 bridgehead atoms. The first-order valence-electron chi connectivity index (χ1n) is 10.5. The largest absolute Gasteiger partial charge is 0.380 e. The quantitative estimate of drug-likeness (QED) is 0.713. The Bertz CT molecular complexity index is 837. The minimum absolute atomic E-state index is 0.158. The number of ether oxygens (including phenoxy) is 1. The summed E-state index contributed by atoms with van der Waals surface area (Å²) in [7, 11) is 1.75. The van der Waals surface area contributed by atoms with Gasteiger partial charge in [-0.05, 0) is 37.5 Å². The van der Waals surface area contributed by atoms with Crippen molar-refractivity contribution < 1.29 is 14.3 Å². The predicted octanol–water partition coefficient (Wildman–Crippen LogP) is 1.92. The summed E-state index contributed by atoms with van der Waals surface area (Å²) in [6, 6.07) is 5.16. The summed E-state index contributed by atoms with van der Waals surface area (Å²) in [4.78, 5) is 33.7. The van der Waals surface area contributed by atoms with E-state index in [1.165, 1.54) is 4.90 Å². The lowest BCUT2D eigenvalue weighted by molar-refractivity contribution is -0.139. The molecule has 4 atom stereocenters. The van der Waals surface area contributed by atoms with Crippen molar-refractivity contribution in [1.29, 1.82) is 0 Å². The van der Waals surface area contributed by atoms with Crippen molar-refractivity contribution in [2.75, 3.05) is 44.8 Å². The van der Waals surface area contributed by atoms with Gasteiger partial charge in [-0.3, -0.25) is 19.9 Å². The number of aryl methyl sites for hydroxylation is 1. The zero-order chi connectivity index (χ0) is 21.6. The predicted molar refractivity (Wildman–Crippen MR) is 115 cm³/mol. The third-order valence-corrected chi connectivity index (χ3v) is 6.46. The highest BCUT2D eigenvalue weighted by Gasteiger charge is 2.56. The molecule has 3 aliphatic rings. The number of anilines is 1. The molecule has 0 radical (unpaired) electrons. The number of carbonyl (C=O) groups is 2. The molecular formula is C21H30ClN5O3. The highest BCUT2D eigenvalue weighted by atomic mass is 35.5. The van der Waals surface area contributed by atoms with E-state index in [1.54, 1.807) is 11.9 Å². The molecule has 3 fully saturated rings. The monoisotopic (exact) mass is 435 g/mol. The molecule has 0 aliphatic carbocycles. The molecule has 3 aliphatic heterocycles. The first-order chi connectivity index (χ1) is 14.3. The molecule has 1 N–H and O–H groups in total. The van der Waals surface area contributed by atoms with Crippen LogP contribution in [0, 0.1) is 12.8 Å². The summed E-state index contributed by atoms with van der Waals surface area (Å²) in [6.07, 6.45) is -0.551. The van der Waals surface area contributed by atoms with Gasteiger partial charge in [0.2, 0.25) is 0 Å². The maximum Gasteiger partial charge on any atom is 0.327 e. The molecule has 4 unspecified atom stereocenters. The second-order valence-electron chi connectivity index (χ2n) is 8.40. The summed E-state index contributed by atoms with van der Waals surface area (Å²) >= 11 is 6.30. The van der Waals surface area contributed by atoms with Crippen LogP contribution in [0.15, 0.2) is 18.2 Å². The summed E-state index contributed by atoms with van der Waals surface area (Å²) in [6.45, 7) is 8.94. The molecule has 0 spiro atoms. The van der Waals surface area contributed by atoms with Crippen LogP contribution in [0.1, 0.15) is 19.4 Å². The smallest absolute Gasteiger partial charge is 0.327 e. The molecule has 0 saturated carbocycles. The van der Waals surface area contributed by atoms with Gasteiger partial charge in [0.05, 0.1) is 13.2 Å². The van der Waals surface area contributed by atoms with Crippen molar-refractivity contribution in [1.82, 2.24) is 20.0 Å². The fraction of sp³-hybridized carbons (Fsp3) is 0.619. The van der Waals surface area contributed by atoms with Crippen LogP contribution < -0.4 is 10.2 Å². The number of imide groups is 1. The van der Waals surface area contributed by atoms with Crippen LogP contribution in [0.5, 0.6) is 0 Å². The molecule has 3 heterocycles. The van der Waals surface area contributed by atoms with Crippen LogP contribution >= 0.6 is 11.6 Å². The summed E-state index contributed by atoms with van der Waals surface area (Å²) in [5.41, 5.74) is 2.17. The SMILES string of the molecule is CCOCCN1C(=O)C2C(NC3N(c4cc(Cl)ccc4C)CC(C)CN23)N(C)C1=O. The lowest BCUT2D eigenvalue weighted by Crippen LogP contribution is -2.67. The Kier molecular flexibility index (Phi) is 5.94. The van der Waals surface area contributed by atoms with Gasteiger partial charge in [-0.1, -0.05) is 24.6 Å². The number of hydrogen-bond donors (Lipinski definition) is 1. The van der Waals surface area contributed by atoms with Crippen molar-refractivity contribution in [3.63, 3.8) is 0 Å². The first kappa shape index (κ1) is 21.4. The summed E-state index contributed by atoms with van der Waals surface area (Å²) in [5.74, 6) is 0.197. The molecule has 1 aromatic carbocycles. The van der Waals surface area contributed by atoms with Crippen molar-refractivity contribution in [2.24, 2.45) is 5.92 Å². The Hall–Kier alpha value is -1.87. The minimum Gasteiger partial charge on any atom is -0.380 e. The Labute approximate surface area is 182 Å². The number of urea groups is 1. The average molecular weight is 436 g/mol. The van der Waals surface area contributed by atoms with Crippen molar-refractivity contribution in [2.45, 2.75) is 39.3 Å². The number of benzene rings is 1. The van der Waals surface area contributed by atoms with Crippen molar-refractivity contribution >= 4 is 29.2 Å². The van der Waals surface area contributed by atoms with Crippen LogP contribution in [0.4, 0.5) is 10.5 Å². The van der Waals surface area contributed by atoms with Gasteiger partial charge in [-0.25, -0.2) is 4.79 Å². The highest BCUT2D eigenvalue weighted by molar-refractivity contribution is 6.30. The average Bonchev–Trinajstić information content (AvgIpc) is 3.10. The lowest BCUT2D eigenvalue weighted by atomic mass is 10.0. The number of likely N-dealkylation sites (N-methyl/N-ethyl adjacent to an activating group) is 1. The van der Waals surface area contributed by atoms with Crippen LogP contribution in [-0.4, -0.2) is 85.0 Å². The van der Waals surface area contributed by atoms with E-state index in [4.69, 9.17) is 16.3 Å². The number of nitrogens with one attached hydrogen (secondary N) is 1. The second kappa shape index (κ2) is 8.34. The minimum atomic E-state index is -0.427. The standard InChI is InChI=1S/C21H30ClN5O3/c1-5-30-9-8-25-19(28)17-18(24(4)21(25)29)23-20-26(11-13(2)12-27(17)20)16-10-15(22)7-6-14(16)3/h6-7,10,13,17-18,20,23H,5,8-9,11-12H2,1-4H3. The topological polar surface area (TPSA) is 68.4 Å². The van der Waals surface area contributed by atoms with E-state index in [0.717, 1.165) is 24.3 Å². The number of halogens is 1. The fourth-order valence-corrected chi connectivity index (χ4v) is 4.97. The third-order valence-electron chi connectivity index (χ3n) is 6.23. The molecule has 1 aromatic rings.